The first-order valence-electron chi connectivity index (χ1n) is 10.3. The molecule has 0 bridgehead atoms. The molecule has 0 spiro atoms. The molecule has 0 aromatic heterocycles. The lowest BCUT2D eigenvalue weighted by molar-refractivity contribution is 0.136. The fourth-order valence-corrected chi connectivity index (χ4v) is 4.00. The number of guanidine groups is 1. The monoisotopic (exact) mass is 485 g/mol. The largest absolute Gasteiger partial charge is 0.356 e. The van der Waals surface area contributed by atoms with E-state index in [1.807, 2.05) is 7.05 Å². The Balaban J connectivity index is 0.00000261. The topological polar surface area (TPSA) is 34.1 Å². The third kappa shape index (κ3) is 6.61. The van der Waals surface area contributed by atoms with Crippen molar-refractivity contribution in [2.75, 3.05) is 59.4 Å². The summed E-state index contributed by atoms with van der Waals surface area (Å²) in [5.41, 5.74) is 2.93. The van der Waals surface area contributed by atoms with E-state index in [9.17, 15) is 0 Å². The molecular formula is C21H36IN5. The molecule has 1 saturated heterocycles. The Morgan fingerprint density at radius 1 is 1.00 bits per heavy atom. The molecule has 1 aromatic rings. The molecule has 0 amide bonds. The molecule has 1 N–H and O–H groups in total. The van der Waals surface area contributed by atoms with Crippen molar-refractivity contribution in [3.05, 3.63) is 35.4 Å². The normalized spacial score (nSPS) is 18.7. The molecule has 152 valence electrons. The summed E-state index contributed by atoms with van der Waals surface area (Å²) >= 11 is 0. The first-order chi connectivity index (χ1) is 12.8. The van der Waals surface area contributed by atoms with Crippen molar-refractivity contribution in [2.45, 2.75) is 32.7 Å². The van der Waals surface area contributed by atoms with Crippen molar-refractivity contribution < 1.29 is 0 Å². The first kappa shape index (κ1) is 22.4. The highest BCUT2D eigenvalue weighted by atomic mass is 127. The van der Waals surface area contributed by atoms with Gasteiger partial charge in [0.05, 0.1) is 0 Å². The molecule has 27 heavy (non-hydrogen) atoms. The van der Waals surface area contributed by atoms with E-state index in [4.69, 9.17) is 0 Å². The van der Waals surface area contributed by atoms with E-state index >= 15 is 0 Å². The Morgan fingerprint density at radius 3 is 2.41 bits per heavy atom. The number of aliphatic imine (C=N–C) groups is 1. The fourth-order valence-electron chi connectivity index (χ4n) is 4.00. The van der Waals surface area contributed by atoms with E-state index in [2.05, 4.69) is 56.2 Å². The molecule has 0 saturated carbocycles. The van der Waals surface area contributed by atoms with Crippen LogP contribution in [0, 0.1) is 0 Å². The molecule has 1 fully saturated rings. The first-order valence-corrected chi connectivity index (χ1v) is 10.3. The SMILES string of the molecule is CCN1CCN(CCCCNC(=NC)N2CCc3ccccc3C2)CC1.I. The molecule has 0 unspecified atom stereocenters. The van der Waals surface area contributed by atoms with Crippen molar-refractivity contribution in [1.82, 2.24) is 20.0 Å². The minimum Gasteiger partial charge on any atom is -0.356 e. The summed E-state index contributed by atoms with van der Waals surface area (Å²) in [6, 6.07) is 8.78. The summed E-state index contributed by atoms with van der Waals surface area (Å²) in [5, 5.41) is 3.57. The molecule has 3 rings (SSSR count). The highest BCUT2D eigenvalue weighted by molar-refractivity contribution is 14.0. The summed E-state index contributed by atoms with van der Waals surface area (Å²) in [7, 11) is 1.90. The van der Waals surface area contributed by atoms with Crippen LogP contribution in [0.3, 0.4) is 0 Å². The molecule has 0 aliphatic carbocycles. The van der Waals surface area contributed by atoms with E-state index < -0.39 is 0 Å². The number of nitrogens with one attached hydrogen (secondary N) is 1. The Kier molecular flexibility index (Phi) is 9.86. The van der Waals surface area contributed by atoms with Crippen molar-refractivity contribution in [2.24, 2.45) is 4.99 Å². The predicted molar refractivity (Wildman–Crippen MR) is 125 cm³/mol. The Hall–Kier alpha value is -0.860. The van der Waals surface area contributed by atoms with E-state index in [-0.39, 0.29) is 24.0 Å². The lowest BCUT2D eigenvalue weighted by atomic mass is 10.0. The number of rotatable bonds is 6. The number of hydrogen-bond donors (Lipinski definition) is 1. The molecule has 0 radical (unpaired) electrons. The quantitative estimate of drug-likeness (QED) is 0.291. The minimum absolute atomic E-state index is 0. The van der Waals surface area contributed by atoms with Crippen LogP contribution in [-0.4, -0.2) is 80.1 Å². The van der Waals surface area contributed by atoms with Gasteiger partial charge in [-0.2, -0.15) is 0 Å². The number of likely N-dealkylation sites (N-methyl/N-ethyl adjacent to an activating group) is 1. The van der Waals surface area contributed by atoms with Gasteiger partial charge in [-0.1, -0.05) is 31.2 Å². The molecule has 2 heterocycles. The number of piperazine rings is 1. The van der Waals surface area contributed by atoms with Crippen LogP contribution in [0.15, 0.2) is 29.3 Å². The summed E-state index contributed by atoms with van der Waals surface area (Å²) in [4.78, 5) is 12.0. The number of benzene rings is 1. The van der Waals surface area contributed by atoms with Crippen LogP contribution >= 0.6 is 24.0 Å². The second kappa shape index (κ2) is 11.9. The van der Waals surface area contributed by atoms with Crippen molar-refractivity contribution >= 4 is 29.9 Å². The van der Waals surface area contributed by atoms with Gasteiger partial charge in [0.1, 0.15) is 0 Å². The third-order valence-electron chi connectivity index (χ3n) is 5.74. The van der Waals surface area contributed by atoms with Gasteiger partial charge in [-0.25, -0.2) is 0 Å². The average molecular weight is 485 g/mol. The van der Waals surface area contributed by atoms with Gasteiger partial charge in [0.25, 0.3) is 0 Å². The zero-order valence-electron chi connectivity index (χ0n) is 17.0. The average Bonchev–Trinajstić information content (AvgIpc) is 2.71. The molecular weight excluding hydrogens is 449 g/mol. The molecule has 2 aliphatic rings. The highest BCUT2D eigenvalue weighted by Gasteiger charge is 2.18. The van der Waals surface area contributed by atoms with Crippen molar-refractivity contribution in [3.63, 3.8) is 0 Å². The van der Waals surface area contributed by atoms with E-state index in [1.54, 1.807) is 0 Å². The second-order valence-corrected chi connectivity index (χ2v) is 7.40. The van der Waals surface area contributed by atoms with Gasteiger partial charge in [-0.15, -0.1) is 24.0 Å². The zero-order chi connectivity index (χ0) is 18.2. The maximum atomic E-state index is 4.51. The van der Waals surface area contributed by atoms with Gasteiger partial charge in [-0.3, -0.25) is 4.99 Å². The standard InChI is InChI=1S/C21H35N5.HI/c1-3-24-14-16-25(17-15-24)12-7-6-11-23-21(22-2)26-13-10-19-8-4-5-9-20(19)18-26;/h4-5,8-9H,3,6-7,10-18H2,1-2H3,(H,22,23);1H. The Labute approximate surface area is 182 Å². The van der Waals surface area contributed by atoms with Crippen molar-refractivity contribution in [3.8, 4) is 0 Å². The molecule has 5 nitrogen and oxygen atoms in total. The summed E-state index contributed by atoms with van der Waals surface area (Å²) in [6.07, 6.45) is 3.58. The number of nitrogens with zero attached hydrogens (tertiary/aromatic N) is 4. The maximum absolute atomic E-state index is 4.51. The lowest BCUT2D eigenvalue weighted by Crippen LogP contribution is -2.46. The van der Waals surface area contributed by atoms with E-state index in [0.29, 0.717) is 0 Å². The minimum atomic E-state index is 0. The van der Waals surface area contributed by atoms with E-state index in [1.165, 1.54) is 63.2 Å². The van der Waals surface area contributed by atoms with Crippen LogP contribution in [-0.2, 0) is 13.0 Å². The maximum Gasteiger partial charge on any atom is 0.193 e. The number of hydrogen-bond acceptors (Lipinski definition) is 3. The van der Waals surface area contributed by atoms with Gasteiger partial charge in [0, 0.05) is 52.9 Å². The van der Waals surface area contributed by atoms with Gasteiger partial charge in [0.2, 0.25) is 0 Å². The number of halogens is 1. The van der Waals surface area contributed by atoms with Gasteiger partial charge < -0.3 is 20.0 Å². The van der Waals surface area contributed by atoms with Crippen molar-refractivity contribution in [1.29, 1.82) is 0 Å². The summed E-state index contributed by atoms with van der Waals surface area (Å²) in [6.45, 7) is 12.7. The van der Waals surface area contributed by atoms with E-state index in [0.717, 1.165) is 32.0 Å². The lowest BCUT2D eigenvalue weighted by Gasteiger charge is -2.34. The number of unbranched alkanes of at least 4 members (excludes halogenated alkanes) is 1. The smallest absolute Gasteiger partial charge is 0.193 e. The fraction of sp³-hybridized carbons (Fsp3) is 0.667. The van der Waals surface area contributed by atoms with Crippen LogP contribution < -0.4 is 5.32 Å². The van der Waals surface area contributed by atoms with Crippen LogP contribution in [0.5, 0.6) is 0 Å². The summed E-state index contributed by atoms with van der Waals surface area (Å²) < 4.78 is 0. The Bertz CT molecular complexity index is 584. The summed E-state index contributed by atoms with van der Waals surface area (Å²) in [5.74, 6) is 1.05. The molecule has 1 aromatic carbocycles. The van der Waals surface area contributed by atoms with Gasteiger partial charge in [0.15, 0.2) is 5.96 Å². The predicted octanol–water partition coefficient (Wildman–Crippen LogP) is 2.66. The van der Waals surface area contributed by atoms with Crippen LogP contribution in [0.4, 0.5) is 0 Å². The molecule has 0 atom stereocenters. The Morgan fingerprint density at radius 2 is 1.70 bits per heavy atom. The van der Waals surface area contributed by atoms with Crippen LogP contribution in [0.2, 0.25) is 0 Å². The highest BCUT2D eigenvalue weighted by Crippen LogP contribution is 2.18. The van der Waals surface area contributed by atoms with Gasteiger partial charge in [-0.05, 0) is 43.5 Å². The third-order valence-corrected chi connectivity index (χ3v) is 5.74. The number of fused-ring (bicyclic) bond motifs is 1. The zero-order valence-corrected chi connectivity index (χ0v) is 19.3. The molecule has 6 heteroatoms. The van der Waals surface area contributed by atoms with Crippen LogP contribution in [0.25, 0.3) is 0 Å². The molecule has 2 aliphatic heterocycles. The van der Waals surface area contributed by atoms with Gasteiger partial charge >= 0.3 is 0 Å². The second-order valence-electron chi connectivity index (χ2n) is 7.40. The van der Waals surface area contributed by atoms with Crippen LogP contribution in [0.1, 0.15) is 30.9 Å².